The number of para-hydroxylation sites is 1. The van der Waals surface area contributed by atoms with Crippen LogP contribution in [0, 0.1) is 20.8 Å². The van der Waals surface area contributed by atoms with Crippen molar-refractivity contribution in [3.63, 3.8) is 0 Å². The van der Waals surface area contributed by atoms with Crippen molar-refractivity contribution in [3.8, 4) is 5.69 Å². The lowest BCUT2D eigenvalue weighted by Crippen LogP contribution is -2.32. The SMILES string of the molecule is COC(=O)c1ccc(NC(=O)C(=O)N/N=C/c2cc(C)n(-c3ccccc3C)c2C)cc1. The number of anilines is 1. The van der Waals surface area contributed by atoms with Crippen LogP contribution in [-0.2, 0) is 14.3 Å². The first-order chi connectivity index (χ1) is 15.3. The molecule has 2 aromatic carbocycles. The van der Waals surface area contributed by atoms with E-state index in [4.69, 9.17) is 0 Å². The van der Waals surface area contributed by atoms with E-state index in [-0.39, 0.29) is 0 Å². The smallest absolute Gasteiger partial charge is 0.337 e. The highest BCUT2D eigenvalue weighted by atomic mass is 16.5. The largest absolute Gasteiger partial charge is 0.465 e. The molecule has 164 valence electrons. The number of ether oxygens (including phenoxy) is 1. The zero-order chi connectivity index (χ0) is 23.3. The monoisotopic (exact) mass is 432 g/mol. The minimum absolute atomic E-state index is 0.336. The molecule has 1 heterocycles. The molecule has 0 spiro atoms. The van der Waals surface area contributed by atoms with Crippen LogP contribution in [0.1, 0.15) is 32.9 Å². The predicted molar refractivity (Wildman–Crippen MR) is 122 cm³/mol. The predicted octanol–water partition coefficient (Wildman–Crippen LogP) is 3.28. The van der Waals surface area contributed by atoms with Gasteiger partial charge in [-0.1, -0.05) is 18.2 Å². The van der Waals surface area contributed by atoms with E-state index in [1.807, 2.05) is 51.1 Å². The van der Waals surface area contributed by atoms with E-state index < -0.39 is 17.8 Å². The van der Waals surface area contributed by atoms with Crippen molar-refractivity contribution in [3.05, 3.63) is 82.7 Å². The molecule has 0 atom stereocenters. The fourth-order valence-corrected chi connectivity index (χ4v) is 3.31. The highest BCUT2D eigenvalue weighted by molar-refractivity contribution is 6.39. The highest BCUT2D eigenvalue weighted by Gasteiger charge is 2.14. The summed E-state index contributed by atoms with van der Waals surface area (Å²) in [5.41, 5.74) is 7.96. The first-order valence-corrected chi connectivity index (χ1v) is 9.89. The first kappa shape index (κ1) is 22.5. The molecule has 0 aliphatic rings. The molecule has 0 saturated heterocycles. The number of hydrogen-bond donors (Lipinski definition) is 2. The Kier molecular flexibility index (Phi) is 6.84. The molecule has 2 N–H and O–H groups in total. The van der Waals surface area contributed by atoms with E-state index in [0.29, 0.717) is 11.3 Å². The molecule has 1 aromatic heterocycles. The molecular weight excluding hydrogens is 408 g/mol. The number of aromatic nitrogens is 1. The number of rotatable bonds is 5. The van der Waals surface area contributed by atoms with Gasteiger partial charge in [-0.2, -0.15) is 5.10 Å². The Morgan fingerprint density at radius 2 is 1.66 bits per heavy atom. The molecule has 0 aliphatic carbocycles. The highest BCUT2D eigenvalue weighted by Crippen LogP contribution is 2.22. The van der Waals surface area contributed by atoms with Crippen molar-refractivity contribution in [2.45, 2.75) is 20.8 Å². The number of nitrogens with one attached hydrogen (secondary N) is 2. The number of carbonyl (C=O) groups is 3. The van der Waals surface area contributed by atoms with E-state index in [1.165, 1.54) is 37.6 Å². The van der Waals surface area contributed by atoms with Crippen LogP contribution in [0.4, 0.5) is 5.69 Å². The summed E-state index contributed by atoms with van der Waals surface area (Å²) in [5.74, 6) is -2.28. The maximum atomic E-state index is 12.1. The maximum Gasteiger partial charge on any atom is 0.337 e. The number of aryl methyl sites for hydroxylation is 2. The standard InChI is InChI=1S/C24H24N4O4/c1-15-7-5-6-8-21(15)28-16(2)13-19(17(28)3)14-25-27-23(30)22(29)26-20-11-9-18(10-12-20)24(31)32-4/h5-14H,1-4H3,(H,26,29)(H,27,30)/b25-14+. The molecule has 0 bridgehead atoms. The topological polar surface area (TPSA) is 102 Å². The summed E-state index contributed by atoms with van der Waals surface area (Å²) in [6, 6.07) is 16.0. The van der Waals surface area contributed by atoms with Crippen LogP contribution in [0.2, 0.25) is 0 Å². The maximum absolute atomic E-state index is 12.1. The number of amides is 2. The summed E-state index contributed by atoms with van der Waals surface area (Å²) in [5, 5.41) is 6.37. The van der Waals surface area contributed by atoms with Gasteiger partial charge in [-0.25, -0.2) is 10.2 Å². The van der Waals surface area contributed by atoms with Crippen LogP contribution < -0.4 is 10.7 Å². The average Bonchev–Trinajstić information content (AvgIpc) is 3.07. The van der Waals surface area contributed by atoms with Gasteiger partial charge in [0.05, 0.1) is 18.9 Å². The van der Waals surface area contributed by atoms with Crippen LogP contribution in [-0.4, -0.2) is 35.7 Å². The minimum atomic E-state index is -0.911. The lowest BCUT2D eigenvalue weighted by molar-refractivity contribution is -0.136. The Bertz CT molecular complexity index is 1190. The molecule has 0 radical (unpaired) electrons. The Balaban J connectivity index is 1.64. The molecule has 3 rings (SSSR count). The van der Waals surface area contributed by atoms with Crippen LogP contribution in [0.15, 0.2) is 59.7 Å². The summed E-state index contributed by atoms with van der Waals surface area (Å²) in [6.45, 7) is 6.01. The van der Waals surface area contributed by atoms with Crippen molar-refractivity contribution in [1.29, 1.82) is 0 Å². The molecule has 0 aliphatic heterocycles. The molecule has 8 nitrogen and oxygen atoms in total. The van der Waals surface area contributed by atoms with Gasteiger partial charge in [-0.3, -0.25) is 9.59 Å². The first-order valence-electron chi connectivity index (χ1n) is 9.89. The molecule has 0 saturated carbocycles. The number of hydrogen-bond acceptors (Lipinski definition) is 5. The van der Waals surface area contributed by atoms with Gasteiger partial charge in [-0.15, -0.1) is 0 Å². The summed E-state index contributed by atoms with van der Waals surface area (Å²) in [4.78, 5) is 35.6. The third kappa shape index (κ3) is 4.92. The van der Waals surface area contributed by atoms with E-state index in [9.17, 15) is 14.4 Å². The number of esters is 1. The number of hydrazone groups is 1. The number of nitrogens with zero attached hydrogens (tertiary/aromatic N) is 2. The summed E-state index contributed by atoms with van der Waals surface area (Å²) in [6.07, 6.45) is 1.51. The summed E-state index contributed by atoms with van der Waals surface area (Å²) >= 11 is 0. The lowest BCUT2D eigenvalue weighted by atomic mass is 10.2. The van der Waals surface area contributed by atoms with Crippen LogP contribution in [0.25, 0.3) is 5.69 Å². The second-order valence-electron chi connectivity index (χ2n) is 7.17. The molecule has 2 amide bonds. The second-order valence-corrected chi connectivity index (χ2v) is 7.17. The normalized spacial score (nSPS) is 10.8. The summed E-state index contributed by atoms with van der Waals surface area (Å²) in [7, 11) is 1.28. The molecular formula is C24H24N4O4. The Morgan fingerprint density at radius 1 is 0.969 bits per heavy atom. The molecule has 0 unspecified atom stereocenters. The van der Waals surface area contributed by atoms with Crippen LogP contribution >= 0.6 is 0 Å². The lowest BCUT2D eigenvalue weighted by Gasteiger charge is -2.12. The third-order valence-corrected chi connectivity index (χ3v) is 4.97. The van der Waals surface area contributed by atoms with Crippen molar-refractivity contribution >= 4 is 29.7 Å². The van der Waals surface area contributed by atoms with Crippen molar-refractivity contribution in [2.75, 3.05) is 12.4 Å². The fourth-order valence-electron chi connectivity index (χ4n) is 3.31. The molecule has 8 heteroatoms. The zero-order valence-corrected chi connectivity index (χ0v) is 18.3. The van der Waals surface area contributed by atoms with E-state index in [2.05, 4.69) is 25.1 Å². The molecule has 3 aromatic rings. The van der Waals surface area contributed by atoms with E-state index in [0.717, 1.165) is 28.2 Å². The van der Waals surface area contributed by atoms with Gasteiger partial charge < -0.3 is 14.6 Å². The summed E-state index contributed by atoms with van der Waals surface area (Å²) < 4.78 is 6.73. The van der Waals surface area contributed by atoms with Gasteiger partial charge in [-0.05, 0) is 62.7 Å². The van der Waals surface area contributed by atoms with Crippen LogP contribution in [0.5, 0.6) is 0 Å². The molecule has 32 heavy (non-hydrogen) atoms. The number of benzene rings is 2. The Labute approximate surface area is 185 Å². The zero-order valence-electron chi connectivity index (χ0n) is 18.3. The second kappa shape index (κ2) is 9.74. The van der Waals surface area contributed by atoms with Crippen molar-refractivity contribution in [2.24, 2.45) is 5.10 Å². The van der Waals surface area contributed by atoms with Gasteiger partial charge in [0.25, 0.3) is 0 Å². The fraction of sp³-hybridized carbons (Fsp3) is 0.167. The van der Waals surface area contributed by atoms with Gasteiger partial charge >= 0.3 is 17.8 Å². The van der Waals surface area contributed by atoms with E-state index >= 15 is 0 Å². The van der Waals surface area contributed by atoms with Crippen molar-refractivity contribution in [1.82, 2.24) is 9.99 Å². The van der Waals surface area contributed by atoms with Crippen LogP contribution in [0.3, 0.4) is 0 Å². The average molecular weight is 432 g/mol. The molecule has 0 fully saturated rings. The quantitative estimate of drug-likeness (QED) is 0.280. The Morgan fingerprint density at radius 3 is 2.31 bits per heavy atom. The minimum Gasteiger partial charge on any atom is -0.465 e. The Hall–Kier alpha value is -4.20. The third-order valence-electron chi connectivity index (χ3n) is 4.97. The number of carbonyl (C=O) groups excluding carboxylic acids is 3. The van der Waals surface area contributed by atoms with E-state index in [1.54, 1.807) is 0 Å². The van der Waals surface area contributed by atoms with Gasteiger partial charge in [0, 0.05) is 28.3 Å². The van der Waals surface area contributed by atoms with Crippen molar-refractivity contribution < 1.29 is 19.1 Å². The van der Waals surface area contributed by atoms with Gasteiger partial charge in [0.2, 0.25) is 0 Å². The number of methoxy groups -OCH3 is 1. The van der Waals surface area contributed by atoms with Gasteiger partial charge in [0.1, 0.15) is 0 Å². The van der Waals surface area contributed by atoms with Gasteiger partial charge in [0.15, 0.2) is 0 Å².